The molecule has 7 heteroatoms. The molecule has 1 aromatic heterocycles. The summed E-state index contributed by atoms with van der Waals surface area (Å²) in [5.41, 5.74) is 1.90. The first-order valence-corrected chi connectivity index (χ1v) is 11.5. The fourth-order valence-corrected chi connectivity index (χ4v) is 4.52. The van der Waals surface area contributed by atoms with E-state index in [-0.39, 0.29) is 11.8 Å². The number of piperazine rings is 1. The van der Waals surface area contributed by atoms with Gasteiger partial charge >= 0.3 is 0 Å². The van der Waals surface area contributed by atoms with Crippen molar-refractivity contribution in [1.29, 1.82) is 0 Å². The molecule has 0 spiro atoms. The molecule has 2 amide bonds. The molecule has 7 nitrogen and oxygen atoms in total. The number of aromatic nitrogens is 1. The summed E-state index contributed by atoms with van der Waals surface area (Å²) in [5, 5.41) is 0. The van der Waals surface area contributed by atoms with Gasteiger partial charge in [-0.1, -0.05) is 30.3 Å². The molecule has 2 aliphatic rings. The molecule has 0 N–H and O–H groups in total. The lowest BCUT2D eigenvalue weighted by atomic mass is 9.92. The summed E-state index contributed by atoms with van der Waals surface area (Å²) >= 11 is 0. The van der Waals surface area contributed by atoms with E-state index in [9.17, 15) is 9.59 Å². The standard InChI is InChI=1S/C25H32N4O3/c1-32-23-8-7-22(18-26-23)25(31)29-11-9-20(10-12-29)17-24(30)28-15-13-27(14-16-28)19-21-5-3-2-4-6-21/h2-8,18,20H,9-17,19H2,1H3. The van der Waals surface area contributed by atoms with Crippen LogP contribution in [0.5, 0.6) is 5.88 Å². The predicted molar refractivity (Wildman–Crippen MR) is 122 cm³/mol. The molecule has 0 bridgehead atoms. The molecule has 2 fully saturated rings. The maximum absolute atomic E-state index is 12.8. The van der Waals surface area contributed by atoms with Crippen molar-refractivity contribution in [2.24, 2.45) is 5.92 Å². The molecule has 1 aromatic carbocycles. The average molecular weight is 437 g/mol. The zero-order valence-electron chi connectivity index (χ0n) is 18.8. The zero-order valence-corrected chi connectivity index (χ0v) is 18.8. The first-order valence-electron chi connectivity index (χ1n) is 11.5. The van der Waals surface area contributed by atoms with Gasteiger partial charge in [-0.25, -0.2) is 4.98 Å². The third kappa shape index (κ3) is 5.65. The number of methoxy groups -OCH3 is 1. The first-order chi connectivity index (χ1) is 15.6. The van der Waals surface area contributed by atoms with Gasteiger partial charge in [-0.2, -0.15) is 0 Å². The highest BCUT2D eigenvalue weighted by atomic mass is 16.5. The number of rotatable bonds is 6. The Morgan fingerprint density at radius 1 is 0.938 bits per heavy atom. The van der Waals surface area contributed by atoms with Crippen molar-refractivity contribution in [2.45, 2.75) is 25.8 Å². The minimum atomic E-state index is -0.000493. The molecular weight excluding hydrogens is 404 g/mol. The second kappa shape index (κ2) is 10.6. The van der Waals surface area contributed by atoms with Gasteiger partial charge in [-0.05, 0) is 30.4 Å². The number of ether oxygens (including phenoxy) is 1. The molecule has 2 aromatic rings. The Hall–Kier alpha value is -2.93. The van der Waals surface area contributed by atoms with Crippen molar-refractivity contribution in [2.75, 3.05) is 46.4 Å². The molecule has 0 atom stereocenters. The van der Waals surface area contributed by atoms with Crippen LogP contribution < -0.4 is 4.74 Å². The second-order valence-electron chi connectivity index (χ2n) is 8.67. The van der Waals surface area contributed by atoms with Gasteiger partial charge in [-0.15, -0.1) is 0 Å². The maximum atomic E-state index is 12.8. The van der Waals surface area contributed by atoms with Crippen LogP contribution in [0.1, 0.15) is 35.2 Å². The monoisotopic (exact) mass is 436 g/mol. The maximum Gasteiger partial charge on any atom is 0.255 e. The molecule has 0 saturated carbocycles. The third-order valence-corrected chi connectivity index (χ3v) is 6.53. The van der Waals surface area contributed by atoms with E-state index in [0.29, 0.717) is 36.9 Å². The normalized spacial score (nSPS) is 17.9. The van der Waals surface area contributed by atoms with Gasteiger partial charge in [0.2, 0.25) is 11.8 Å². The number of likely N-dealkylation sites (tertiary alicyclic amines) is 1. The Morgan fingerprint density at radius 3 is 2.28 bits per heavy atom. The number of hydrogen-bond donors (Lipinski definition) is 0. The smallest absolute Gasteiger partial charge is 0.255 e. The summed E-state index contributed by atoms with van der Waals surface area (Å²) < 4.78 is 5.05. The first kappa shape index (κ1) is 22.3. The highest BCUT2D eigenvalue weighted by molar-refractivity contribution is 5.94. The van der Waals surface area contributed by atoms with Crippen molar-refractivity contribution in [1.82, 2.24) is 19.7 Å². The summed E-state index contributed by atoms with van der Waals surface area (Å²) in [6.45, 7) is 5.76. The predicted octanol–water partition coefficient (Wildman–Crippen LogP) is 2.68. The Kier molecular flexibility index (Phi) is 7.37. The molecule has 170 valence electrons. The number of nitrogens with zero attached hydrogens (tertiary/aromatic N) is 4. The molecule has 0 unspecified atom stereocenters. The largest absolute Gasteiger partial charge is 0.481 e. The number of carbonyl (C=O) groups is 2. The van der Waals surface area contributed by atoms with Crippen molar-refractivity contribution >= 4 is 11.8 Å². The van der Waals surface area contributed by atoms with Crippen LogP contribution in [-0.2, 0) is 11.3 Å². The van der Waals surface area contributed by atoms with E-state index < -0.39 is 0 Å². The summed E-state index contributed by atoms with van der Waals surface area (Å²) in [7, 11) is 1.56. The van der Waals surface area contributed by atoms with Gasteiger partial charge < -0.3 is 14.5 Å². The van der Waals surface area contributed by atoms with Crippen LogP contribution in [0.3, 0.4) is 0 Å². The molecule has 2 saturated heterocycles. The SMILES string of the molecule is COc1ccc(C(=O)N2CCC(CC(=O)N3CCN(Cc4ccccc4)CC3)CC2)cn1. The summed E-state index contributed by atoms with van der Waals surface area (Å²) in [5.74, 6) is 1.11. The Balaban J connectivity index is 1.19. The van der Waals surface area contributed by atoms with Gasteiger partial charge in [0.15, 0.2) is 0 Å². The minimum absolute atomic E-state index is 0.000493. The van der Waals surface area contributed by atoms with Crippen molar-refractivity contribution in [3.05, 3.63) is 59.8 Å². The molecule has 0 aliphatic carbocycles. The van der Waals surface area contributed by atoms with Crippen LogP contribution >= 0.6 is 0 Å². The van der Waals surface area contributed by atoms with Gasteiger partial charge in [0.1, 0.15) is 0 Å². The van der Waals surface area contributed by atoms with E-state index in [2.05, 4.69) is 34.1 Å². The van der Waals surface area contributed by atoms with Gasteiger partial charge in [0, 0.05) is 64.5 Å². The summed E-state index contributed by atoms with van der Waals surface area (Å²) in [6, 6.07) is 13.9. The fourth-order valence-electron chi connectivity index (χ4n) is 4.52. The average Bonchev–Trinajstić information content (AvgIpc) is 2.85. The van der Waals surface area contributed by atoms with E-state index >= 15 is 0 Å². The molecule has 3 heterocycles. The third-order valence-electron chi connectivity index (χ3n) is 6.53. The summed E-state index contributed by atoms with van der Waals surface area (Å²) in [4.78, 5) is 36.0. The van der Waals surface area contributed by atoms with E-state index in [1.54, 1.807) is 25.4 Å². The van der Waals surface area contributed by atoms with Gasteiger partial charge in [0.05, 0.1) is 12.7 Å². The van der Waals surface area contributed by atoms with Crippen molar-refractivity contribution in [3.8, 4) is 5.88 Å². The highest BCUT2D eigenvalue weighted by Gasteiger charge is 2.28. The Bertz CT molecular complexity index is 887. The van der Waals surface area contributed by atoms with Crippen LogP contribution in [0, 0.1) is 5.92 Å². The Morgan fingerprint density at radius 2 is 1.66 bits per heavy atom. The summed E-state index contributed by atoms with van der Waals surface area (Å²) in [6.07, 6.45) is 3.89. The van der Waals surface area contributed by atoms with E-state index in [1.165, 1.54) is 5.56 Å². The lowest BCUT2D eigenvalue weighted by Gasteiger charge is -2.36. The van der Waals surface area contributed by atoms with Crippen LogP contribution in [0.4, 0.5) is 0 Å². The number of amides is 2. The number of piperidine rings is 1. The minimum Gasteiger partial charge on any atom is -0.481 e. The second-order valence-corrected chi connectivity index (χ2v) is 8.67. The number of pyridine rings is 1. The number of carbonyl (C=O) groups excluding carboxylic acids is 2. The van der Waals surface area contributed by atoms with E-state index in [4.69, 9.17) is 4.74 Å². The van der Waals surface area contributed by atoms with Gasteiger partial charge in [-0.3, -0.25) is 14.5 Å². The Labute approximate surface area is 190 Å². The van der Waals surface area contributed by atoms with Crippen LogP contribution in [0.2, 0.25) is 0 Å². The molecular formula is C25H32N4O3. The van der Waals surface area contributed by atoms with Crippen molar-refractivity contribution < 1.29 is 14.3 Å². The van der Waals surface area contributed by atoms with Crippen molar-refractivity contribution in [3.63, 3.8) is 0 Å². The molecule has 2 aliphatic heterocycles. The van der Waals surface area contributed by atoms with E-state index in [0.717, 1.165) is 45.6 Å². The molecule has 0 radical (unpaired) electrons. The lowest BCUT2D eigenvalue weighted by Crippen LogP contribution is -2.49. The van der Waals surface area contributed by atoms with Crippen LogP contribution in [-0.4, -0.2) is 77.9 Å². The quantitative estimate of drug-likeness (QED) is 0.697. The highest BCUT2D eigenvalue weighted by Crippen LogP contribution is 2.23. The van der Waals surface area contributed by atoms with Crippen LogP contribution in [0.15, 0.2) is 48.7 Å². The number of benzene rings is 1. The zero-order chi connectivity index (χ0) is 22.3. The number of hydrogen-bond acceptors (Lipinski definition) is 5. The lowest BCUT2D eigenvalue weighted by molar-refractivity contribution is -0.134. The molecule has 4 rings (SSSR count). The topological polar surface area (TPSA) is 66.0 Å². The molecule has 32 heavy (non-hydrogen) atoms. The van der Waals surface area contributed by atoms with E-state index in [1.807, 2.05) is 15.9 Å². The van der Waals surface area contributed by atoms with Gasteiger partial charge in [0.25, 0.3) is 5.91 Å². The van der Waals surface area contributed by atoms with Crippen LogP contribution in [0.25, 0.3) is 0 Å². The fraction of sp³-hybridized carbons (Fsp3) is 0.480.